The van der Waals surface area contributed by atoms with Crippen molar-refractivity contribution in [3.8, 4) is 0 Å². The van der Waals surface area contributed by atoms with Crippen LogP contribution in [0.5, 0.6) is 0 Å². The fourth-order valence-corrected chi connectivity index (χ4v) is 2.69. The fourth-order valence-electron chi connectivity index (χ4n) is 2.69. The molecule has 0 aromatic heterocycles. The SMILES string of the molecule is CCN1C[C@@H](C(=O)NCCc2ccc(N(C)C)cc2)CC1=O. The van der Waals surface area contributed by atoms with Crippen molar-refractivity contribution in [3.63, 3.8) is 0 Å². The molecule has 1 N–H and O–H groups in total. The van der Waals surface area contributed by atoms with Gasteiger partial charge in [-0.2, -0.15) is 0 Å². The summed E-state index contributed by atoms with van der Waals surface area (Å²) < 4.78 is 0. The van der Waals surface area contributed by atoms with E-state index >= 15 is 0 Å². The van der Waals surface area contributed by atoms with Crippen LogP contribution < -0.4 is 10.2 Å². The molecule has 1 aromatic rings. The van der Waals surface area contributed by atoms with E-state index < -0.39 is 0 Å². The zero-order valence-electron chi connectivity index (χ0n) is 13.6. The highest BCUT2D eigenvalue weighted by atomic mass is 16.2. The molecular formula is C17H25N3O2. The van der Waals surface area contributed by atoms with Crippen LogP contribution in [0.3, 0.4) is 0 Å². The molecule has 2 rings (SSSR count). The van der Waals surface area contributed by atoms with Crippen LogP contribution in [0.4, 0.5) is 5.69 Å². The molecule has 0 bridgehead atoms. The van der Waals surface area contributed by atoms with Gasteiger partial charge in [-0.05, 0) is 31.0 Å². The monoisotopic (exact) mass is 303 g/mol. The van der Waals surface area contributed by atoms with E-state index in [2.05, 4.69) is 34.5 Å². The van der Waals surface area contributed by atoms with E-state index in [1.807, 2.05) is 21.0 Å². The number of hydrogen-bond donors (Lipinski definition) is 1. The van der Waals surface area contributed by atoms with Gasteiger partial charge in [0.2, 0.25) is 11.8 Å². The second-order valence-corrected chi connectivity index (χ2v) is 5.94. The molecule has 120 valence electrons. The maximum atomic E-state index is 12.1. The van der Waals surface area contributed by atoms with Gasteiger partial charge in [-0.3, -0.25) is 9.59 Å². The van der Waals surface area contributed by atoms with Gasteiger partial charge in [0, 0.05) is 45.8 Å². The van der Waals surface area contributed by atoms with Gasteiger partial charge in [0.25, 0.3) is 0 Å². The van der Waals surface area contributed by atoms with Crippen LogP contribution in [-0.4, -0.2) is 50.4 Å². The van der Waals surface area contributed by atoms with Gasteiger partial charge < -0.3 is 15.1 Å². The number of anilines is 1. The van der Waals surface area contributed by atoms with Gasteiger partial charge >= 0.3 is 0 Å². The number of nitrogens with zero attached hydrogens (tertiary/aromatic N) is 2. The lowest BCUT2D eigenvalue weighted by molar-refractivity contribution is -0.128. The minimum absolute atomic E-state index is 0.00536. The Morgan fingerprint density at radius 1 is 1.32 bits per heavy atom. The topological polar surface area (TPSA) is 52.7 Å². The average Bonchev–Trinajstić information content (AvgIpc) is 2.89. The third-order valence-electron chi connectivity index (χ3n) is 4.13. The molecule has 22 heavy (non-hydrogen) atoms. The number of nitrogens with one attached hydrogen (secondary N) is 1. The van der Waals surface area contributed by atoms with Gasteiger partial charge in [0.05, 0.1) is 5.92 Å². The summed E-state index contributed by atoms with van der Waals surface area (Å²) in [5, 5.41) is 2.95. The second-order valence-electron chi connectivity index (χ2n) is 5.94. The van der Waals surface area contributed by atoms with Crippen LogP contribution >= 0.6 is 0 Å². The van der Waals surface area contributed by atoms with Gasteiger partial charge in [-0.1, -0.05) is 12.1 Å². The molecule has 0 spiro atoms. The first-order valence-corrected chi connectivity index (χ1v) is 7.83. The standard InChI is InChI=1S/C17H25N3O2/c1-4-20-12-14(11-16(20)21)17(22)18-10-9-13-5-7-15(8-6-13)19(2)3/h5-8,14H,4,9-12H2,1-3H3,(H,18,22)/t14-/m0/s1. The lowest BCUT2D eigenvalue weighted by atomic mass is 10.1. The summed E-state index contributed by atoms with van der Waals surface area (Å²) in [5.74, 6) is -0.111. The van der Waals surface area contributed by atoms with Gasteiger partial charge in [-0.15, -0.1) is 0 Å². The largest absolute Gasteiger partial charge is 0.378 e. The zero-order chi connectivity index (χ0) is 16.1. The molecule has 2 amide bonds. The molecule has 5 heteroatoms. The third-order valence-corrected chi connectivity index (χ3v) is 4.13. The van der Waals surface area contributed by atoms with Crippen LogP contribution in [0.25, 0.3) is 0 Å². The first-order chi connectivity index (χ1) is 10.5. The van der Waals surface area contributed by atoms with Crippen molar-refractivity contribution in [2.45, 2.75) is 19.8 Å². The Morgan fingerprint density at radius 3 is 2.55 bits per heavy atom. The molecule has 5 nitrogen and oxygen atoms in total. The summed E-state index contributed by atoms with van der Waals surface area (Å²) in [5.41, 5.74) is 2.36. The summed E-state index contributed by atoms with van der Waals surface area (Å²) in [6.45, 7) is 3.78. The Labute approximate surface area is 132 Å². The Morgan fingerprint density at radius 2 is 2.00 bits per heavy atom. The summed E-state index contributed by atoms with van der Waals surface area (Å²) in [6.07, 6.45) is 1.15. The Kier molecular flexibility index (Phi) is 5.41. The first kappa shape index (κ1) is 16.3. The van der Waals surface area contributed by atoms with Crippen molar-refractivity contribution in [3.05, 3.63) is 29.8 Å². The number of carbonyl (C=O) groups excluding carboxylic acids is 2. The quantitative estimate of drug-likeness (QED) is 0.861. The van der Waals surface area contributed by atoms with Crippen molar-refractivity contribution in [2.24, 2.45) is 5.92 Å². The van der Waals surface area contributed by atoms with E-state index in [9.17, 15) is 9.59 Å². The molecule has 0 aliphatic carbocycles. The minimum atomic E-state index is -0.191. The molecule has 1 heterocycles. The van der Waals surface area contributed by atoms with E-state index in [-0.39, 0.29) is 17.7 Å². The summed E-state index contributed by atoms with van der Waals surface area (Å²) in [7, 11) is 4.02. The minimum Gasteiger partial charge on any atom is -0.378 e. The predicted octanol–water partition coefficient (Wildman–Crippen LogP) is 1.28. The predicted molar refractivity (Wildman–Crippen MR) is 87.8 cm³/mol. The number of amides is 2. The van der Waals surface area contributed by atoms with Crippen LogP contribution in [-0.2, 0) is 16.0 Å². The third kappa shape index (κ3) is 4.00. The van der Waals surface area contributed by atoms with Crippen molar-refractivity contribution in [2.75, 3.05) is 38.6 Å². The number of benzene rings is 1. The van der Waals surface area contributed by atoms with E-state index in [0.29, 0.717) is 26.1 Å². The highest BCUT2D eigenvalue weighted by Gasteiger charge is 2.32. The number of hydrogen-bond acceptors (Lipinski definition) is 3. The Balaban J connectivity index is 1.76. The van der Waals surface area contributed by atoms with Crippen LogP contribution in [0.1, 0.15) is 18.9 Å². The van der Waals surface area contributed by atoms with E-state index in [4.69, 9.17) is 0 Å². The summed E-state index contributed by atoms with van der Waals surface area (Å²) in [4.78, 5) is 27.5. The molecule has 0 radical (unpaired) electrons. The molecular weight excluding hydrogens is 278 g/mol. The maximum absolute atomic E-state index is 12.1. The van der Waals surface area contributed by atoms with E-state index in [0.717, 1.165) is 12.1 Å². The Bertz CT molecular complexity index is 525. The van der Waals surface area contributed by atoms with Crippen LogP contribution in [0.2, 0.25) is 0 Å². The van der Waals surface area contributed by atoms with Gasteiger partial charge in [0.1, 0.15) is 0 Å². The zero-order valence-corrected chi connectivity index (χ0v) is 13.6. The number of carbonyl (C=O) groups is 2. The highest BCUT2D eigenvalue weighted by molar-refractivity contribution is 5.89. The maximum Gasteiger partial charge on any atom is 0.225 e. The smallest absolute Gasteiger partial charge is 0.225 e. The fraction of sp³-hybridized carbons (Fsp3) is 0.529. The van der Waals surface area contributed by atoms with Crippen LogP contribution in [0, 0.1) is 5.92 Å². The van der Waals surface area contributed by atoms with Crippen LogP contribution in [0.15, 0.2) is 24.3 Å². The lowest BCUT2D eigenvalue weighted by Crippen LogP contribution is -2.34. The number of likely N-dealkylation sites (tertiary alicyclic amines) is 1. The average molecular weight is 303 g/mol. The van der Waals surface area contributed by atoms with Crippen molar-refractivity contribution in [1.29, 1.82) is 0 Å². The molecule has 1 atom stereocenters. The summed E-state index contributed by atoms with van der Waals surface area (Å²) in [6, 6.07) is 8.32. The summed E-state index contributed by atoms with van der Waals surface area (Å²) >= 11 is 0. The Hall–Kier alpha value is -2.04. The molecule has 1 saturated heterocycles. The van der Waals surface area contributed by atoms with Crippen molar-refractivity contribution in [1.82, 2.24) is 10.2 Å². The van der Waals surface area contributed by atoms with E-state index in [1.54, 1.807) is 4.90 Å². The van der Waals surface area contributed by atoms with E-state index in [1.165, 1.54) is 5.56 Å². The normalized spacial score (nSPS) is 17.7. The molecule has 0 unspecified atom stereocenters. The molecule has 1 fully saturated rings. The second kappa shape index (κ2) is 7.29. The highest BCUT2D eigenvalue weighted by Crippen LogP contribution is 2.17. The number of rotatable bonds is 6. The van der Waals surface area contributed by atoms with Gasteiger partial charge in [0.15, 0.2) is 0 Å². The first-order valence-electron chi connectivity index (χ1n) is 7.83. The van der Waals surface area contributed by atoms with Gasteiger partial charge in [-0.25, -0.2) is 0 Å². The molecule has 1 aliphatic heterocycles. The molecule has 0 saturated carbocycles. The molecule has 1 aliphatic rings. The molecule has 1 aromatic carbocycles. The lowest BCUT2D eigenvalue weighted by Gasteiger charge is -2.14. The van der Waals surface area contributed by atoms with Crippen molar-refractivity contribution >= 4 is 17.5 Å². The van der Waals surface area contributed by atoms with Crippen molar-refractivity contribution < 1.29 is 9.59 Å².